The van der Waals surface area contributed by atoms with E-state index in [-0.39, 0.29) is 0 Å². The standard InChI is InChI=1S/C8H16FN/c1-6(9)7-2-4-8(10)5-3-7/h6-8H,2-5,10H2,1H3. The van der Waals surface area contributed by atoms with E-state index in [0.717, 1.165) is 25.7 Å². The quantitative estimate of drug-likeness (QED) is 0.598. The molecule has 1 atom stereocenters. The summed E-state index contributed by atoms with van der Waals surface area (Å²) in [5.41, 5.74) is 5.67. The fraction of sp³-hybridized carbons (Fsp3) is 1.00. The van der Waals surface area contributed by atoms with Gasteiger partial charge in [-0.1, -0.05) is 0 Å². The normalized spacial score (nSPS) is 37.5. The van der Waals surface area contributed by atoms with E-state index in [4.69, 9.17) is 5.73 Å². The van der Waals surface area contributed by atoms with Crippen molar-refractivity contribution in [3.05, 3.63) is 0 Å². The van der Waals surface area contributed by atoms with Crippen molar-refractivity contribution in [1.29, 1.82) is 0 Å². The summed E-state index contributed by atoms with van der Waals surface area (Å²) in [6, 6.07) is 0.343. The van der Waals surface area contributed by atoms with Crippen molar-refractivity contribution < 1.29 is 4.39 Å². The lowest BCUT2D eigenvalue weighted by Gasteiger charge is -2.26. The van der Waals surface area contributed by atoms with Crippen LogP contribution < -0.4 is 5.73 Å². The van der Waals surface area contributed by atoms with Crippen LogP contribution in [0.2, 0.25) is 0 Å². The average Bonchev–Trinajstić information content (AvgIpc) is 1.88. The molecule has 0 heterocycles. The van der Waals surface area contributed by atoms with Gasteiger partial charge in [0.25, 0.3) is 0 Å². The van der Waals surface area contributed by atoms with Crippen LogP contribution in [0.1, 0.15) is 32.6 Å². The van der Waals surface area contributed by atoms with Gasteiger partial charge in [0.1, 0.15) is 6.17 Å². The molecule has 10 heavy (non-hydrogen) atoms. The minimum atomic E-state index is -0.632. The number of rotatable bonds is 1. The summed E-state index contributed by atoms with van der Waals surface area (Å²) in [5.74, 6) is 0.291. The first-order valence-electron chi connectivity index (χ1n) is 4.10. The highest BCUT2D eigenvalue weighted by molar-refractivity contribution is 4.76. The van der Waals surface area contributed by atoms with Crippen LogP contribution in [0.15, 0.2) is 0 Å². The third-order valence-electron chi connectivity index (χ3n) is 2.47. The van der Waals surface area contributed by atoms with E-state index in [1.165, 1.54) is 0 Å². The van der Waals surface area contributed by atoms with Gasteiger partial charge in [0.05, 0.1) is 0 Å². The molecule has 1 aliphatic carbocycles. The second-order valence-electron chi connectivity index (χ2n) is 3.35. The summed E-state index contributed by atoms with van der Waals surface area (Å²) in [7, 11) is 0. The molecule has 1 saturated carbocycles. The first-order valence-corrected chi connectivity index (χ1v) is 4.10. The number of alkyl halides is 1. The molecular formula is C8H16FN. The van der Waals surface area contributed by atoms with E-state index < -0.39 is 6.17 Å². The molecule has 0 amide bonds. The Morgan fingerprint density at radius 3 is 2.20 bits per heavy atom. The third kappa shape index (κ3) is 1.94. The van der Waals surface area contributed by atoms with Crippen LogP contribution >= 0.6 is 0 Å². The Bertz CT molecular complexity index is 95.4. The lowest BCUT2D eigenvalue weighted by atomic mass is 9.84. The van der Waals surface area contributed by atoms with Crippen LogP contribution in [0.5, 0.6) is 0 Å². The molecule has 0 bridgehead atoms. The van der Waals surface area contributed by atoms with E-state index >= 15 is 0 Å². The van der Waals surface area contributed by atoms with Crippen molar-refractivity contribution in [2.45, 2.75) is 44.8 Å². The Kier molecular flexibility index (Phi) is 2.66. The highest BCUT2D eigenvalue weighted by Gasteiger charge is 2.22. The maximum atomic E-state index is 12.7. The first-order chi connectivity index (χ1) is 4.70. The monoisotopic (exact) mass is 145 g/mol. The van der Waals surface area contributed by atoms with Gasteiger partial charge in [-0.2, -0.15) is 0 Å². The molecule has 0 spiro atoms. The molecule has 0 aromatic heterocycles. The first kappa shape index (κ1) is 7.99. The van der Waals surface area contributed by atoms with Gasteiger partial charge >= 0.3 is 0 Å². The SMILES string of the molecule is CC(F)C1CCC(N)CC1. The Balaban J connectivity index is 2.26. The maximum Gasteiger partial charge on any atom is 0.100 e. The van der Waals surface area contributed by atoms with Gasteiger partial charge in [-0.05, 0) is 38.5 Å². The van der Waals surface area contributed by atoms with Crippen molar-refractivity contribution >= 4 is 0 Å². The number of nitrogens with two attached hydrogens (primary N) is 1. The molecule has 0 aromatic carbocycles. The van der Waals surface area contributed by atoms with Crippen LogP contribution in [0.25, 0.3) is 0 Å². The van der Waals surface area contributed by atoms with Crippen molar-refractivity contribution in [2.24, 2.45) is 11.7 Å². The van der Waals surface area contributed by atoms with Gasteiger partial charge < -0.3 is 5.73 Å². The Morgan fingerprint density at radius 1 is 1.30 bits per heavy atom. The molecule has 1 rings (SSSR count). The molecule has 2 heteroatoms. The fourth-order valence-corrected chi connectivity index (χ4v) is 1.60. The topological polar surface area (TPSA) is 26.0 Å². The summed E-state index contributed by atoms with van der Waals surface area (Å²) < 4.78 is 12.7. The maximum absolute atomic E-state index is 12.7. The second-order valence-corrected chi connectivity index (χ2v) is 3.35. The molecule has 1 nitrogen and oxygen atoms in total. The molecular weight excluding hydrogens is 129 g/mol. The molecule has 0 saturated heterocycles. The summed E-state index contributed by atoms with van der Waals surface area (Å²) in [6.45, 7) is 1.65. The zero-order valence-electron chi connectivity index (χ0n) is 6.52. The fourth-order valence-electron chi connectivity index (χ4n) is 1.60. The average molecular weight is 145 g/mol. The van der Waals surface area contributed by atoms with Crippen molar-refractivity contribution in [2.75, 3.05) is 0 Å². The summed E-state index contributed by atoms with van der Waals surface area (Å²) >= 11 is 0. The van der Waals surface area contributed by atoms with Crippen LogP contribution in [-0.4, -0.2) is 12.2 Å². The van der Waals surface area contributed by atoms with Crippen LogP contribution in [0, 0.1) is 5.92 Å². The van der Waals surface area contributed by atoms with Gasteiger partial charge in [0, 0.05) is 6.04 Å². The smallest absolute Gasteiger partial charge is 0.100 e. The van der Waals surface area contributed by atoms with Gasteiger partial charge in [-0.25, -0.2) is 4.39 Å². The largest absolute Gasteiger partial charge is 0.328 e. The van der Waals surface area contributed by atoms with Crippen molar-refractivity contribution in [3.8, 4) is 0 Å². The third-order valence-corrected chi connectivity index (χ3v) is 2.47. The van der Waals surface area contributed by atoms with Gasteiger partial charge in [0.2, 0.25) is 0 Å². The van der Waals surface area contributed by atoms with E-state index in [1.54, 1.807) is 6.92 Å². The van der Waals surface area contributed by atoms with Gasteiger partial charge in [0.15, 0.2) is 0 Å². The molecule has 60 valence electrons. The highest BCUT2D eigenvalue weighted by atomic mass is 19.1. The molecule has 0 aromatic rings. The second kappa shape index (κ2) is 3.33. The van der Waals surface area contributed by atoms with Crippen LogP contribution in [-0.2, 0) is 0 Å². The zero-order chi connectivity index (χ0) is 7.56. The number of hydrogen-bond donors (Lipinski definition) is 1. The lowest BCUT2D eigenvalue weighted by molar-refractivity contribution is 0.188. The van der Waals surface area contributed by atoms with E-state index in [9.17, 15) is 4.39 Å². The van der Waals surface area contributed by atoms with Crippen LogP contribution in [0.3, 0.4) is 0 Å². The van der Waals surface area contributed by atoms with Gasteiger partial charge in [-0.15, -0.1) is 0 Å². The van der Waals surface area contributed by atoms with Crippen molar-refractivity contribution in [1.82, 2.24) is 0 Å². The van der Waals surface area contributed by atoms with E-state index in [1.807, 2.05) is 0 Å². The lowest BCUT2D eigenvalue weighted by Crippen LogP contribution is -2.29. The molecule has 1 fully saturated rings. The number of halogens is 1. The molecule has 1 aliphatic rings. The van der Waals surface area contributed by atoms with Gasteiger partial charge in [-0.3, -0.25) is 0 Å². The minimum absolute atomic E-state index is 0.291. The Labute approximate surface area is 61.8 Å². The van der Waals surface area contributed by atoms with Crippen molar-refractivity contribution in [3.63, 3.8) is 0 Å². The Morgan fingerprint density at radius 2 is 1.80 bits per heavy atom. The number of hydrogen-bond acceptors (Lipinski definition) is 1. The predicted molar refractivity (Wildman–Crippen MR) is 40.5 cm³/mol. The van der Waals surface area contributed by atoms with E-state index in [2.05, 4.69) is 0 Å². The summed E-state index contributed by atoms with van der Waals surface area (Å²) in [5, 5.41) is 0. The zero-order valence-corrected chi connectivity index (χ0v) is 6.52. The summed E-state index contributed by atoms with van der Waals surface area (Å²) in [6.07, 6.45) is 3.36. The predicted octanol–water partition coefficient (Wildman–Crippen LogP) is 1.86. The molecule has 0 radical (unpaired) electrons. The summed E-state index contributed by atoms with van der Waals surface area (Å²) in [4.78, 5) is 0. The Hall–Kier alpha value is -0.110. The molecule has 0 aliphatic heterocycles. The minimum Gasteiger partial charge on any atom is -0.328 e. The molecule has 1 unspecified atom stereocenters. The van der Waals surface area contributed by atoms with E-state index in [0.29, 0.717) is 12.0 Å². The molecule has 2 N–H and O–H groups in total. The highest BCUT2D eigenvalue weighted by Crippen LogP contribution is 2.27. The van der Waals surface area contributed by atoms with Crippen LogP contribution in [0.4, 0.5) is 4.39 Å².